The number of amides is 1. The van der Waals surface area contributed by atoms with Crippen molar-refractivity contribution in [2.45, 2.75) is 20.8 Å². The van der Waals surface area contributed by atoms with Gasteiger partial charge in [0.1, 0.15) is 12.4 Å². The number of nitrogens with zero attached hydrogens (tertiary/aromatic N) is 1. The van der Waals surface area contributed by atoms with Crippen LogP contribution in [0.1, 0.15) is 20.8 Å². The highest BCUT2D eigenvalue weighted by atomic mass is 16.5. The molecule has 0 aromatic heterocycles. The maximum atomic E-state index is 12.2. The fourth-order valence-corrected chi connectivity index (χ4v) is 2.60. The fourth-order valence-electron chi connectivity index (χ4n) is 2.60. The average molecular weight is 319 g/mol. The Labute approximate surface area is 139 Å². The molecule has 1 saturated heterocycles. The Hall–Kier alpha value is -1.59. The van der Waals surface area contributed by atoms with Gasteiger partial charge >= 0.3 is 0 Å². The number of carbonyl (C=O) groups excluding carboxylic acids is 1. The lowest BCUT2D eigenvalue weighted by Gasteiger charge is -2.31. The number of hydrogen-bond donors (Lipinski definition) is 2. The Morgan fingerprint density at radius 2 is 1.96 bits per heavy atom. The largest absolute Gasteiger partial charge is 0.492 e. The third-order valence-corrected chi connectivity index (χ3v) is 4.63. The van der Waals surface area contributed by atoms with Crippen LogP contribution in [0.5, 0.6) is 5.75 Å². The van der Waals surface area contributed by atoms with Crippen molar-refractivity contribution in [3.63, 3.8) is 0 Å². The van der Waals surface area contributed by atoms with E-state index in [1.807, 2.05) is 31.2 Å². The first-order valence-corrected chi connectivity index (χ1v) is 8.60. The average Bonchev–Trinajstić information content (AvgIpc) is 2.51. The van der Waals surface area contributed by atoms with E-state index in [0.717, 1.165) is 44.2 Å². The van der Waals surface area contributed by atoms with E-state index in [-0.39, 0.29) is 11.8 Å². The molecular formula is C18H29N3O2. The van der Waals surface area contributed by atoms with E-state index >= 15 is 0 Å². The highest BCUT2D eigenvalue weighted by Crippen LogP contribution is 2.20. The molecule has 0 aliphatic carbocycles. The Balaban J connectivity index is 1.76. The number of hydrogen-bond acceptors (Lipinski definition) is 4. The predicted molar refractivity (Wildman–Crippen MR) is 93.9 cm³/mol. The third-order valence-electron chi connectivity index (χ3n) is 4.63. The summed E-state index contributed by atoms with van der Waals surface area (Å²) in [5.74, 6) is 1.43. The van der Waals surface area contributed by atoms with Crippen molar-refractivity contribution < 1.29 is 9.53 Å². The van der Waals surface area contributed by atoms with Crippen LogP contribution in [-0.2, 0) is 4.79 Å². The number of nitrogens with one attached hydrogen (secondary N) is 2. The normalized spacial score (nSPS) is 16.0. The molecule has 128 valence electrons. The van der Waals surface area contributed by atoms with Crippen LogP contribution >= 0.6 is 0 Å². The molecule has 0 spiro atoms. The quantitative estimate of drug-likeness (QED) is 0.733. The molecule has 0 bridgehead atoms. The maximum Gasteiger partial charge on any atom is 0.227 e. The van der Waals surface area contributed by atoms with Gasteiger partial charge in [0.15, 0.2) is 0 Å². The minimum atomic E-state index is 0.0428. The van der Waals surface area contributed by atoms with Gasteiger partial charge in [0.2, 0.25) is 5.91 Å². The second kappa shape index (κ2) is 8.89. The Kier molecular flexibility index (Phi) is 6.86. The zero-order valence-corrected chi connectivity index (χ0v) is 14.5. The summed E-state index contributed by atoms with van der Waals surface area (Å²) in [5.41, 5.74) is 0.824. The minimum Gasteiger partial charge on any atom is -0.492 e. The molecule has 1 aliphatic heterocycles. The summed E-state index contributed by atoms with van der Waals surface area (Å²) in [4.78, 5) is 14.5. The molecule has 0 radical (unpaired) electrons. The van der Waals surface area contributed by atoms with E-state index in [1.54, 1.807) is 0 Å². The predicted octanol–water partition coefficient (Wildman–Crippen LogP) is 2.20. The number of benzene rings is 1. The first-order chi connectivity index (χ1) is 11.1. The van der Waals surface area contributed by atoms with Crippen LogP contribution in [0.25, 0.3) is 0 Å². The minimum absolute atomic E-state index is 0.0428. The summed E-state index contributed by atoms with van der Waals surface area (Å²) in [6.45, 7) is 11.9. The van der Waals surface area contributed by atoms with Crippen LogP contribution in [0.2, 0.25) is 0 Å². The fraction of sp³-hybridized carbons (Fsp3) is 0.611. The zero-order valence-electron chi connectivity index (χ0n) is 14.5. The van der Waals surface area contributed by atoms with Crippen molar-refractivity contribution in [1.82, 2.24) is 10.2 Å². The van der Waals surface area contributed by atoms with Gasteiger partial charge < -0.3 is 20.3 Å². The summed E-state index contributed by atoms with van der Waals surface area (Å²) in [6, 6.07) is 7.62. The van der Waals surface area contributed by atoms with Gasteiger partial charge in [-0.05, 0) is 56.4 Å². The molecule has 1 fully saturated rings. The highest BCUT2D eigenvalue weighted by Gasteiger charge is 2.28. The molecule has 1 unspecified atom stereocenters. The first-order valence-electron chi connectivity index (χ1n) is 8.60. The molecular weight excluding hydrogens is 290 g/mol. The summed E-state index contributed by atoms with van der Waals surface area (Å²) in [6.07, 6.45) is 0. The zero-order chi connectivity index (χ0) is 16.7. The number of anilines is 1. The second-order valence-electron chi connectivity index (χ2n) is 6.10. The van der Waals surface area contributed by atoms with Gasteiger partial charge in [-0.15, -0.1) is 0 Å². The summed E-state index contributed by atoms with van der Waals surface area (Å²) in [7, 11) is 0. The molecule has 5 heteroatoms. The summed E-state index contributed by atoms with van der Waals surface area (Å²) < 4.78 is 5.75. The van der Waals surface area contributed by atoms with Crippen molar-refractivity contribution in [3.05, 3.63) is 24.3 Å². The summed E-state index contributed by atoms with van der Waals surface area (Å²) in [5, 5.41) is 6.18. The maximum absolute atomic E-state index is 12.2. The van der Waals surface area contributed by atoms with Crippen LogP contribution in [0.4, 0.5) is 5.69 Å². The van der Waals surface area contributed by atoms with E-state index in [2.05, 4.69) is 29.4 Å². The van der Waals surface area contributed by atoms with Gasteiger partial charge in [-0.1, -0.05) is 20.8 Å². The van der Waals surface area contributed by atoms with Gasteiger partial charge in [-0.3, -0.25) is 4.79 Å². The Morgan fingerprint density at radius 1 is 1.30 bits per heavy atom. The van der Waals surface area contributed by atoms with Gasteiger partial charge in [-0.2, -0.15) is 0 Å². The van der Waals surface area contributed by atoms with Gasteiger partial charge in [0.25, 0.3) is 0 Å². The Bertz CT molecular complexity index is 482. The molecule has 2 N–H and O–H groups in total. The molecule has 5 nitrogen and oxygen atoms in total. The van der Waals surface area contributed by atoms with Crippen molar-refractivity contribution in [2.75, 3.05) is 44.6 Å². The van der Waals surface area contributed by atoms with Crippen LogP contribution in [0.3, 0.4) is 0 Å². The van der Waals surface area contributed by atoms with Crippen molar-refractivity contribution >= 4 is 11.6 Å². The van der Waals surface area contributed by atoms with Gasteiger partial charge in [-0.25, -0.2) is 0 Å². The summed E-state index contributed by atoms with van der Waals surface area (Å²) >= 11 is 0. The molecule has 1 aromatic rings. The van der Waals surface area contributed by atoms with Gasteiger partial charge in [0, 0.05) is 18.2 Å². The van der Waals surface area contributed by atoms with E-state index in [4.69, 9.17) is 4.74 Å². The third kappa shape index (κ3) is 5.22. The molecule has 1 amide bonds. The number of carbonyl (C=O) groups is 1. The van der Waals surface area contributed by atoms with E-state index in [0.29, 0.717) is 12.5 Å². The smallest absolute Gasteiger partial charge is 0.227 e. The standard InChI is InChI=1S/C18H29N3O2/c1-4-21(5-2)10-11-23-17-8-6-16(7-9-17)20-18(22)14(3)15-12-19-13-15/h6-9,14-15,19H,4-5,10-13H2,1-3H3,(H,20,22). The molecule has 1 heterocycles. The molecule has 1 aromatic carbocycles. The van der Waals surface area contributed by atoms with Crippen LogP contribution < -0.4 is 15.4 Å². The van der Waals surface area contributed by atoms with E-state index < -0.39 is 0 Å². The molecule has 0 saturated carbocycles. The van der Waals surface area contributed by atoms with Crippen molar-refractivity contribution in [1.29, 1.82) is 0 Å². The number of likely N-dealkylation sites (N-methyl/N-ethyl adjacent to an activating group) is 1. The van der Waals surface area contributed by atoms with Gasteiger partial charge in [0.05, 0.1) is 0 Å². The number of rotatable bonds is 9. The van der Waals surface area contributed by atoms with E-state index in [1.165, 1.54) is 0 Å². The van der Waals surface area contributed by atoms with Crippen LogP contribution in [0.15, 0.2) is 24.3 Å². The molecule has 23 heavy (non-hydrogen) atoms. The van der Waals surface area contributed by atoms with Crippen molar-refractivity contribution in [3.8, 4) is 5.75 Å². The highest BCUT2D eigenvalue weighted by molar-refractivity contribution is 5.92. The first kappa shape index (κ1) is 17.8. The Morgan fingerprint density at radius 3 is 2.48 bits per heavy atom. The van der Waals surface area contributed by atoms with Crippen LogP contribution in [0, 0.1) is 11.8 Å². The second-order valence-corrected chi connectivity index (χ2v) is 6.10. The lowest BCUT2D eigenvalue weighted by Crippen LogP contribution is -2.48. The molecule has 1 atom stereocenters. The molecule has 1 aliphatic rings. The van der Waals surface area contributed by atoms with E-state index in [9.17, 15) is 4.79 Å². The van der Waals surface area contributed by atoms with Crippen LogP contribution in [-0.4, -0.2) is 50.1 Å². The SMILES string of the molecule is CCN(CC)CCOc1ccc(NC(=O)C(C)C2CNC2)cc1. The topological polar surface area (TPSA) is 53.6 Å². The lowest BCUT2D eigenvalue weighted by atomic mass is 9.88. The lowest BCUT2D eigenvalue weighted by molar-refractivity contribution is -0.121. The monoisotopic (exact) mass is 319 g/mol. The molecule has 2 rings (SSSR count). The number of ether oxygens (including phenoxy) is 1. The van der Waals surface area contributed by atoms with Crippen molar-refractivity contribution in [2.24, 2.45) is 11.8 Å².